The van der Waals surface area contributed by atoms with Gasteiger partial charge in [0.05, 0.1) is 0 Å². The molecule has 0 fully saturated rings. The van der Waals surface area contributed by atoms with Gasteiger partial charge in [-0.3, -0.25) is 4.79 Å². The summed E-state index contributed by atoms with van der Waals surface area (Å²) in [5, 5.41) is 6.45. The third kappa shape index (κ3) is 11.0. The predicted octanol–water partition coefficient (Wildman–Crippen LogP) is 5.85. The molecule has 26 heavy (non-hydrogen) atoms. The molecule has 0 bridgehead atoms. The predicted molar refractivity (Wildman–Crippen MR) is 122 cm³/mol. The number of hydrogen-bond acceptors (Lipinski definition) is 4. The van der Waals surface area contributed by atoms with Gasteiger partial charge in [0.25, 0.3) is 0 Å². The smallest absolute Gasteiger partial charge is 0.243 e. The Labute approximate surface area is 169 Å². The minimum absolute atomic E-state index is 0.0160. The Morgan fingerprint density at radius 1 is 0.808 bits per heavy atom. The van der Waals surface area contributed by atoms with Gasteiger partial charge in [0, 0.05) is 26.3 Å². The van der Waals surface area contributed by atoms with Gasteiger partial charge in [-0.25, -0.2) is 0 Å². The quantitative estimate of drug-likeness (QED) is 0.246. The summed E-state index contributed by atoms with van der Waals surface area (Å²) in [5.74, 6) is -0.126. The second-order valence-corrected chi connectivity index (χ2v) is 12.9. The van der Waals surface area contributed by atoms with Crippen molar-refractivity contribution in [1.82, 2.24) is 10.6 Å². The molecule has 0 rings (SSSR count). The molecule has 0 aliphatic heterocycles. The molecule has 5 heteroatoms. The minimum Gasteiger partial charge on any atom is -0.381 e. The van der Waals surface area contributed by atoms with E-state index in [1.807, 2.05) is 21.6 Å². The lowest BCUT2D eigenvalue weighted by Gasteiger charge is -2.39. The van der Waals surface area contributed by atoms with Crippen molar-refractivity contribution in [3.63, 3.8) is 0 Å². The standard InChI is InChI=1S/C21H38N2OS2/c1-12-16(3)22-18(4,5)14-20(8,9)25-26-21(10,11)15-19(6,7)23-17(24)13-2/h12-13,22H,1-3,14-15H2,4-11H3,(H,23,24). The van der Waals surface area contributed by atoms with Crippen LogP contribution in [0.5, 0.6) is 0 Å². The highest BCUT2D eigenvalue weighted by molar-refractivity contribution is 8.77. The van der Waals surface area contributed by atoms with Crippen LogP contribution in [-0.4, -0.2) is 26.5 Å². The highest BCUT2D eigenvalue weighted by Crippen LogP contribution is 2.48. The van der Waals surface area contributed by atoms with Gasteiger partial charge in [-0.05, 0) is 80.4 Å². The van der Waals surface area contributed by atoms with E-state index in [4.69, 9.17) is 0 Å². The van der Waals surface area contributed by atoms with Gasteiger partial charge >= 0.3 is 0 Å². The normalized spacial score (nSPS) is 13.1. The topological polar surface area (TPSA) is 41.1 Å². The average Bonchev–Trinajstić information content (AvgIpc) is 2.41. The highest BCUT2D eigenvalue weighted by Gasteiger charge is 2.35. The molecule has 0 aliphatic rings. The first-order chi connectivity index (χ1) is 11.5. The second kappa shape index (κ2) is 9.41. The lowest BCUT2D eigenvalue weighted by molar-refractivity contribution is -0.118. The lowest BCUT2D eigenvalue weighted by atomic mass is 9.92. The van der Waals surface area contributed by atoms with Gasteiger partial charge in [0.2, 0.25) is 5.91 Å². The number of carbonyl (C=O) groups is 1. The zero-order chi connectivity index (χ0) is 20.8. The summed E-state index contributed by atoms with van der Waals surface area (Å²) < 4.78 is 0.0938. The Balaban J connectivity index is 4.81. The fourth-order valence-electron chi connectivity index (χ4n) is 3.37. The molecule has 0 atom stereocenters. The van der Waals surface area contributed by atoms with E-state index in [0.29, 0.717) is 0 Å². The molecule has 0 aromatic heterocycles. The number of hydrogen-bond donors (Lipinski definition) is 2. The van der Waals surface area contributed by atoms with Crippen LogP contribution < -0.4 is 10.6 Å². The van der Waals surface area contributed by atoms with Crippen molar-refractivity contribution in [2.24, 2.45) is 0 Å². The van der Waals surface area contributed by atoms with Crippen molar-refractivity contribution in [2.45, 2.75) is 88.8 Å². The molecular weight excluding hydrogens is 360 g/mol. The van der Waals surface area contributed by atoms with Crippen LogP contribution in [0.2, 0.25) is 0 Å². The van der Waals surface area contributed by atoms with Crippen LogP contribution in [0, 0.1) is 0 Å². The van der Waals surface area contributed by atoms with E-state index in [1.165, 1.54) is 6.08 Å². The lowest BCUT2D eigenvalue weighted by Crippen LogP contribution is -2.46. The van der Waals surface area contributed by atoms with Crippen LogP contribution in [0.1, 0.15) is 68.2 Å². The highest BCUT2D eigenvalue weighted by atomic mass is 33.1. The summed E-state index contributed by atoms with van der Waals surface area (Å²) in [4.78, 5) is 11.6. The van der Waals surface area contributed by atoms with Crippen molar-refractivity contribution in [3.05, 3.63) is 37.6 Å². The van der Waals surface area contributed by atoms with E-state index in [0.717, 1.165) is 18.5 Å². The number of carbonyl (C=O) groups excluding carboxylic acids is 1. The maximum absolute atomic E-state index is 11.6. The Kier molecular flexibility index (Phi) is 9.11. The maximum Gasteiger partial charge on any atom is 0.243 e. The van der Waals surface area contributed by atoms with E-state index >= 15 is 0 Å². The van der Waals surface area contributed by atoms with Crippen LogP contribution in [-0.2, 0) is 4.79 Å². The fraction of sp³-hybridized carbons (Fsp3) is 0.667. The zero-order valence-electron chi connectivity index (χ0n) is 17.9. The summed E-state index contributed by atoms with van der Waals surface area (Å²) >= 11 is 0. The summed E-state index contributed by atoms with van der Waals surface area (Å²) in [6.45, 7) is 28.7. The molecular formula is C21H38N2OS2. The Morgan fingerprint density at radius 3 is 1.54 bits per heavy atom. The first-order valence-electron chi connectivity index (χ1n) is 8.94. The molecule has 0 aromatic rings. The van der Waals surface area contributed by atoms with E-state index in [-0.39, 0.29) is 26.5 Å². The van der Waals surface area contributed by atoms with Crippen molar-refractivity contribution in [1.29, 1.82) is 0 Å². The van der Waals surface area contributed by atoms with Crippen LogP contribution >= 0.6 is 21.6 Å². The molecule has 2 N–H and O–H groups in total. The van der Waals surface area contributed by atoms with Gasteiger partial charge in [-0.15, -0.1) is 0 Å². The van der Waals surface area contributed by atoms with E-state index in [1.54, 1.807) is 6.08 Å². The van der Waals surface area contributed by atoms with Crippen LogP contribution in [0.15, 0.2) is 37.6 Å². The summed E-state index contributed by atoms with van der Waals surface area (Å²) in [6.07, 6.45) is 4.92. The fourth-order valence-corrected chi connectivity index (χ4v) is 6.37. The van der Waals surface area contributed by atoms with Gasteiger partial charge < -0.3 is 10.6 Å². The summed E-state index contributed by atoms with van der Waals surface area (Å²) in [7, 11) is 3.78. The molecule has 1 amide bonds. The van der Waals surface area contributed by atoms with Crippen molar-refractivity contribution >= 4 is 27.5 Å². The minimum atomic E-state index is -0.283. The van der Waals surface area contributed by atoms with Crippen LogP contribution in [0.4, 0.5) is 0 Å². The first kappa shape index (κ1) is 25.2. The molecule has 0 aromatic carbocycles. The molecule has 150 valence electrons. The van der Waals surface area contributed by atoms with Gasteiger partial charge in [0.1, 0.15) is 0 Å². The number of rotatable bonds is 12. The van der Waals surface area contributed by atoms with Crippen LogP contribution in [0.3, 0.4) is 0 Å². The Hall–Kier alpha value is -0.810. The maximum atomic E-state index is 11.6. The van der Waals surface area contributed by atoms with Crippen molar-refractivity contribution < 1.29 is 4.79 Å². The third-order valence-corrected chi connectivity index (χ3v) is 7.85. The average molecular weight is 399 g/mol. The molecule has 0 aliphatic carbocycles. The van der Waals surface area contributed by atoms with Crippen molar-refractivity contribution in [3.8, 4) is 0 Å². The van der Waals surface area contributed by atoms with E-state index < -0.39 is 0 Å². The molecule has 0 unspecified atom stereocenters. The number of nitrogens with one attached hydrogen (secondary N) is 2. The molecule has 3 nitrogen and oxygen atoms in total. The second-order valence-electron chi connectivity index (χ2n) is 9.36. The summed E-state index contributed by atoms with van der Waals surface area (Å²) in [6, 6.07) is 0. The van der Waals surface area contributed by atoms with E-state index in [9.17, 15) is 4.79 Å². The Bertz CT molecular complexity index is 486. The first-order valence-corrected chi connectivity index (χ1v) is 11.1. The summed E-state index contributed by atoms with van der Waals surface area (Å²) in [5.41, 5.74) is 0.502. The van der Waals surface area contributed by atoms with Gasteiger partial charge in [-0.2, -0.15) is 0 Å². The van der Waals surface area contributed by atoms with Crippen LogP contribution in [0.25, 0.3) is 0 Å². The molecule has 0 radical (unpaired) electrons. The van der Waals surface area contributed by atoms with Crippen molar-refractivity contribution in [2.75, 3.05) is 0 Å². The van der Waals surface area contributed by atoms with E-state index in [2.05, 4.69) is 85.8 Å². The van der Waals surface area contributed by atoms with Gasteiger partial charge in [0.15, 0.2) is 0 Å². The number of allylic oxidation sites excluding steroid dienone is 1. The van der Waals surface area contributed by atoms with Gasteiger partial charge in [-0.1, -0.05) is 41.3 Å². The Morgan fingerprint density at radius 2 is 1.19 bits per heavy atom. The zero-order valence-corrected chi connectivity index (χ0v) is 19.5. The molecule has 0 saturated heterocycles. The number of amides is 1. The molecule has 0 saturated carbocycles. The largest absolute Gasteiger partial charge is 0.381 e. The molecule has 0 spiro atoms. The monoisotopic (exact) mass is 398 g/mol. The molecule has 0 heterocycles. The SMILES string of the molecule is C=CC(=C)NC(C)(C)CC(C)(C)SSC(C)(C)CC(C)(C)NC(=O)C=C. The third-order valence-electron chi connectivity index (χ3n) is 3.62.